The first-order chi connectivity index (χ1) is 14.1. The average Bonchev–Trinajstić information content (AvgIpc) is 3.04. The molecule has 11 heteroatoms. The fraction of sp³-hybridized carbons (Fsp3) is 0.579. The van der Waals surface area contributed by atoms with Crippen molar-refractivity contribution in [1.29, 1.82) is 0 Å². The van der Waals surface area contributed by atoms with Crippen LogP contribution in [0, 0.1) is 6.92 Å². The lowest BCUT2D eigenvalue weighted by Crippen LogP contribution is -2.49. The number of aryl methyl sites for hydroxylation is 1. The highest BCUT2D eigenvalue weighted by atomic mass is 32.2. The summed E-state index contributed by atoms with van der Waals surface area (Å²) in [6.07, 6.45) is 1.94. The van der Waals surface area contributed by atoms with Crippen LogP contribution < -0.4 is 5.32 Å². The van der Waals surface area contributed by atoms with Gasteiger partial charge in [-0.05, 0) is 44.7 Å². The summed E-state index contributed by atoms with van der Waals surface area (Å²) >= 11 is 0. The Labute approximate surface area is 176 Å². The third-order valence-corrected chi connectivity index (χ3v) is 8.99. The number of esters is 1. The number of piperidine rings is 1. The molecule has 0 aromatic heterocycles. The molecule has 166 valence electrons. The normalized spacial score (nSPS) is 24.3. The van der Waals surface area contributed by atoms with Gasteiger partial charge in [0.05, 0.1) is 16.4 Å². The highest BCUT2D eigenvalue weighted by Gasteiger charge is 2.39. The zero-order valence-electron chi connectivity index (χ0n) is 16.7. The highest BCUT2D eigenvalue weighted by Crippen LogP contribution is 2.26. The Kier molecular flexibility index (Phi) is 6.83. The molecule has 0 saturated carbocycles. The van der Waals surface area contributed by atoms with E-state index in [-0.39, 0.29) is 22.9 Å². The molecule has 2 saturated heterocycles. The number of ether oxygens (including phenoxy) is 1. The Bertz CT molecular complexity index is 1000. The van der Waals surface area contributed by atoms with E-state index in [0.29, 0.717) is 25.7 Å². The van der Waals surface area contributed by atoms with Crippen LogP contribution in [0.3, 0.4) is 0 Å². The number of amides is 1. The van der Waals surface area contributed by atoms with Crippen molar-refractivity contribution in [2.75, 3.05) is 24.7 Å². The topological polar surface area (TPSA) is 127 Å². The van der Waals surface area contributed by atoms with Crippen LogP contribution in [0.25, 0.3) is 0 Å². The van der Waals surface area contributed by atoms with Crippen LogP contribution in [0.5, 0.6) is 0 Å². The maximum absolute atomic E-state index is 13.0. The lowest BCUT2D eigenvalue weighted by Gasteiger charge is -2.33. The lowest BCUT2D eigenvalue weighted by molar-refractivity contribution is -0.153. The van der Waals surface area contributed by atoms with Crippen LogP contribution in [0.4, 0.5) is 0 Å². The Morgan fingerprint density at radius 2 is 1.87 bits per heavy atom. The number of nitrogens with one attached hydrogen (secondary N) is 1. The molecule has 1 aromatic carbocycles. The number of nitrogens with zero attached hydrogens (tertiary/aromatic N) is 1. The summed E-state index contributed by atoms with van der Waals surface area (Å²) in [5.41, 5.74) is 0.921. The lowest BCUT2D eigenvalue weighted by atomic mass is 10.1. The van der Waals surface area contributed by atoms with Gasteiger partial charge in [-0.1, -0.05) is 17.7 Å². The first kappa shape index (κ1) is 22.7. The number of hydrogen-bond donors (Lipinski definition) is 1. The summed E-state index contributed by atoms with van der Waals surface area (Å²) in [7, 11) is -7.02. The van der Waals surface area contributed by atoms with Crippen molar-refractivity contribution in [3.8, 4) is 0 Å². The Morgan fingerprint density at radius 1 is 1.17 bits per heavy atom. The number of hydrogen-bond acceptors (Lipinski definition) is 7. The van der Waals surface area contributed by atoms with Crippen molar-refractivity contribution in [2.24, 2.45) is 0 Å². The van der Waals surface area contributed by atoms with E-state index in [1.807, 2.05) is 6.92 Å². The summed E-state index contributed by atoms with van der Waals surface area (Å²) in [6.45, 7) is 1.47. The second-order valence-corrected chi connectivity index (χ2v) is 11.8. The zero-order valence-corrected chi connectivity index (χ0v) is 18.4. The van der Waals surface area contributed by atoms with E-state index >= 15 is 0 Å². The molecule has 1 N–H and O–H groups in total. The van der Waals surface area contributed by atoms with Crippen LogP contribution in [0.1, 0.15) is 31.2 Å². The molecule has 2 fully saturated rings. The van der Waals surface area contributed by atoms with Crippen molar-refractivity contribution in [3.05, 3.63) is 29.8 Å². The van der Waals surface area contributed by atoms with Crippen molar-refractivity contribution in [1.82, 2.24) is 9.62 Å². The Balaban J connectivity index is 1.62. The molecule has 2 aliphatic rings. The quantitative estimate of drug-likeness (QED) is 0.611. The van der Waals surface area contributed by atoms with Gasteiger partial charge >= 0.3 is 5.97 Å². The molecular weight excluding hydrogens is 432 g/mol. The van der Waals surface area contributed by atoms with Gasteiger partial charge in [0.15, 0.2) is 16.4 Å². The maximum atomic E-state index is 13.0. The van der Waals surface area contributed by atoms with Gasteiger partial charge in [0.25, 0.3) is 5.91 Å². The van der Waals surface area contributed by atoms with Crippen LogP contribution >= 0.6 is 0 Å². The molecule has 2 atom stereocenters. The molecule has 9 nitrogen and oxygen atoms in total. The zero-order chi connectivity index (χ0) is 21.9. The van der Waals surface area contributed by atoms with Crippen LogP contribution in [-0.2, 0) is 34.2 Å². The molecule has 1 aromatic rings. The molecule has 0 aliphatic carbocycles. The van der Waals surface area contributed by atoms with Gasteiger partial charge in [-0.15, -0.1) is 0 Å². The minimum atomic E-state index is -3.88. The fourth-order valence-electron chi connectivity index (χ4n) is 3.68. The summed E-state index contributed by atoms with van der Waals surface area (Å²) in [5.74, 6) is -1.49. The molecular formula is C19H26N2O7S2. The van der Waals surface area contributed by atoms with Crippen LogP contribution in [0.2, 0.25) is 0 Å². The van der Waals surface area contributed by atoms with E-state index in [1.54, 1.807) is 12.1 Å². The molecule has 3 rings (SSSR count). The number of carbonyl (C=O) groups is 2. The number of rotatable bonds is 6. The minimum absolute atomic E-state index is 0.0195. The van der Waals surface area contributed by atoms with Gasteiger partial charge in [-0.25, -0.2) is 16.8 Å². The molecule has 1 amide bonds. The summed E-state index contributed by atoms with van der Waals surface area (Å²) < 4.78 is 55.2. The molecule has 30 heavy (non-hydrogen) atoms. The first-order valence-electron chi connectivity index (χ1n) is 9.83. The van der Waals surface area contributed by atoms with E-state index in [9.17, 15) is 26.4 Å². The van der Waals surface area contributed by atoms with Gasteiger partial charge in [0, 0.05) is 12.6 Å². The van der Waals surface area contributed by atoms with E-state index < -0.39 is 50.4 Å². The van der Waals surface area contributed by atoms with E-state index in [2.05, 4.69) is 5.32 Å². The van der Waals surface area contributed by atoms with Gasteiger partial charge in [-0.2, -0.15) is 4.31 Å². The molecule has 2 unspecified atom stereocenters. The van der Waals surface area contributed by atoms with E-state index in [1.165, 1.54) is 12.1 Å². The van der Waals surface area contributed by atoms with Crippen molar-refractivity contribution in [3.63, 3.8) is 0 Å². The number of carbonyl (C=O) groups excluding carboxylic acids is 2. The van der Waals surface area contributed by atoms with Crippen molar-refractivity contribution >= 4 is 31.7 Å². The van der Waals surface area contributed by atoms with Gasteiger partial charge in [0.2, 0.25) is 10.0 Å². The molecule has 2 heterocycles. The van der Waals surface area contributed by atoms with Crippen LogP contribution in [-0.4, -0.2) is 69.8 Å². The largest absolute Gasteiger partial charge is 0.454 e. The minimum Gasteiger partial charge on any atom is -0.454 e. The van der Waals surface area contributed by atoms with Gasteiger partial charge in [-0.3, -0.25) is 9.59 Å². The smallest absolute Gasteiger partial charge is 0.324 e. The SMILES string of the molecule is Cc1ccc(S(=O)(=O)N2CCCCC2C(=O)OCC(=O)NC2CCS(=O)(=O)C2)cc1. The molecule has 2 aliphatic heterocycles. The third kappa shape index (κ3) is 5.38. The predicted molar refractivity (Wildman–Crippen MR) is 109 cm³/mol. The molecule has 0 radical (unpaired) electrons. The van der Waals surface area contributed by atoms with Gasteiger partial charge in [0.1, 0.15) is 6.04 Å². The van der Waals surface area contributed by atoms with Crippen molar-refractivity contribution in [2.45, 2.75) is 49.6 Å². The molecule has 0 spiro atoms. The Morgan fingerprint density at radius 3 is 2.50 bits per heavy atom. The van der Waals surface area contributed by atoms with E-state index in [4.69, 9.17) is 4.74 Å². The summed E-state index contributed by atoms with van der Waals surface area (Å²) in [6, 6.07) is 4.91. The van der Waals surface area contributed by atoms with E-state index in [0.717, 1.165) is 9.87 Å². The first-order valence-corrected chi connectivity index (χ1v) is 13.1. The van der Waals surface area contributed by atoms with Crippen LogP contribution in [0.15, 0.2) is 29.2 Å². The average molecular weight is 459 g/mol. The maximum Gasteiger partial charge on any atom is 0.324 e. The van der Waals surface area contributed by atoms with Crippen molar-refractivity contribution < 1.29 is 31.2 Å². The number of sulfone groups is 1. The second-order valence-electron chi connectivity index (χ2n) is 7.72. The summed E-state index contributed by atoms with van der Waals surface area (Å²) in [4.78, 5) is 24.7. The third-order valence-electron chi connectivity index (χ3n) is 5.30. The van der Waals surface area contributed by atoms with Gasteiger partial charge < -0.3 is 10.1 Å². The summed E-state index contributed by atoms with van der Waals surface area (Å²) in [5, 5.41) is 2.54. The Hall–Kier alpha value is -1.98. The standard InChI is InChI=1S/C19H26N2O7S2/c1-14-5-7-16(8-6-14)30(26,27)21-10-3-2-4-17(21)19(23)28-12-18(22)20-15-9-11-29(24,25)13-15/h5-8,15,17H,2-4,9-13H2,1H3,(H,20,22). The number of sulfonamides is 1. The monoisotopic (exact) mass is 458 g/mol. The predicted octanol–water partition coefficient (Wildman–Crippen LogP) is 0.385. The fourth-order valence-corrected chi connectivity index (χ4v) is 7.01. The highest BCUT2D eigenvalue weighted by molar-refractivity contribution is 7.91. The second kappa shape index (κ2) is 9.03. The molecule has 0 bridgehead atoms. The number of benzene rings is 1.